The second-order valence-corrected chi connectivity index (χ2v) is 6.69. The fourth-order valence-corrected chi connectivity index (χ4v) is 3.48. The third-order valence-electron chi connectivity index (χ3n) is 4.49. The van der Waals surface area contributed by atoms with Gasteiger partial charge in [-0.2, -0.15) is 0 Å². The van der Waals surface area contributed by atoms with Crippen molar-refractivity contribution in [3.05, 3.63) is 24.3 Å². The molecule has 2 aliphatic rings. The standard InChI is InChI=1S/C18H25N3O2S/c1-2-10-19-18(24)21-13-16(17(22)20-11-6-3-7-12-20)23-15-9-5-4-8-14(15)21/h4-5,8-9,16H,2-3,6-7,10-13H2,1H3,(H,19,24)/t16-/m1/s1. The van der Waals surface area contributed by atoms with Crippen molar-refractivity contribution in [2.75, 3.05) is 31.1 Å². The van der Waals surface area contributed by atoms with Crippen LogP contribution in [-0.4, -0.2) is 48.2 Å². The molecule has 0 aliphatic carbocycles. The molecule has 1 N–H and O–H groups in total. The van der Waals surface area contributed by atoms with Crippen molar-refractivity contribution in [2.45, 2.75) is 38.7 Å². The van der Waals surface area contributed by atoms with Crippen LogP contribution in [0.25, 0.3) is 0 Å². The predicted octanol–water partition coefficient (Wildman–Crippen LogP) is 2.55. The zero-order chi connectivity index (χ0) is 16.9. The Bertz CT molecular complexity index is 602. The Kier molecular flexibility index (Phi) is 5.56. The normalized spacial score (nSPS) is 20.1. The van der Waals surface area contributed by atoms with E-state index in [9.17, 15) is 4.79 Å². The number of rotatable bonds is 3. The van der Waals surface area contributed by atoms with Gasteiger partial charge in [-0.1, -0.05) is 19.1 Å². The van der Waals surface area contributed by atoms with Crippen LogP contribution in [0, 0.1) is 0 Å². The first kappa shape index (κ1) is 17.0. The quantitative estimate of drug-likeness (QED) is 0.852. The van der Waals surface area contributed by atoms with Crippen LogP contribution in [0.4, 0.5) is 5.69 Å². The molecular weight excluding hydrogens is 322 g/mol. The summed E-state index contributed by atoms with van der Waals surface area (Å²) in [6.45, 7) is 5.05. The van der Waals surface area contributed by atoms with Crippen LogP contribution in [0.3, 0.4) is 0 Å². The molecule has 2 heterocycles. The molecule has 0 unspecified atom stereocenters. The third-order valence-corrected chi connectivity index (χ3v) is 4.85. The Morgan fingerprint density at radius 2 is 2.04 bits per heavy atom. The Morgan fingerprint density at radius 1 is 1.29 bits per heavy atom. The number of nitrogens with zero attached hydrogens (tertiary/aromatic N) is 2. The average Bonchev–Trinajstić information content (AvgIpc) is 2.65. The van der Waals surface area contributed by atoms with Gasteiger partial charge in [-0.3, -0.25) is 4.79 Å². The molecule has 1 amide bonds. The van der Waals surface area contributed by atoms with Crippen LogP contribution in [0.2, 0.25) is 0 Å². The van der Waals surface area contributed by atoms with E-state index in [0.717, 1.165) is 50.3 Å². The van der Waals surface area contributed by atoms with Crippen LogP contribution in [0.5, 0.6) is 5.75 Å². The van der Waals surface area contributed by atoms with E-state index in [1.54, 1.807) is 0 Å². The number of likely N-dealkylation sites (tertiary alicyclic amines) is 1. The number of ether oxygens (including phenoxy) is 1. The highest BCUT2D eigenvalue weighted by atomic mass is 32.1. The number of thiocarbonyl (C=S) groups is 1. The van der Waals surface area contributed by atoms with Crippen LogP contribution in [-0.2, 0) is 4.79 Å². The lowest BCUT2D eigenvalue weighted by Gasteiger charge is -2.38. The second-order valence-electron chi connectivity index (χ2n) is 6.30. The molecule has 3 rings (SSSR count). The molecule has 0 spiro atoms. The largest absolute Gasteiger partial charge is 0.476 e. The van der Waals surface area contributed by atoms with E-state index < -0.39 is 6.10 Å². The number of fused-ring (bicyclic) bond motifs is 1. The molecule has 5 nitrogen and oxygen atoms in total. The van der Waals surface area contributed by atoms with E-state index in [-0.39, 0.29) is 5.91 Å². The van der Waals surface area contributed by atoms with Crippen LogP contribution < -0.4 is 15.0 Å². The molecule has 1 atom stereocenters. The fourth-order valence-electron chi connectivity index (χ4n) is 3.20. The molecule has 1 saturated heterocycles. The SMILES string of the molecule is CCCNC(=S)N1C[C@H](C(=O)N2CCCCC2)Oc2ccccc21. The number of carbonyl (C=O) groups is 1. The first-order chi connectivity index (χ1) is 11.7. The molecule has 24 heavy (non-hydrogen) atoms. The minimum Gasteiger partial charge on any atom is -0.476 e. The predicted molar refractivity (Wildman–Crippen MR) is 99.5 cm³/mol. The van der Waals surface area contributed by atoms with Gasteiger partial charge in [0, 0.05) is 19.6 Å². The van der Waals surface area contributed by atoms with Gasteiger partial charge in [-0.15, -0.1) is 0 Å². The highest BCUT2D eigenvalue weighted by Crippen LogP contribution is 2.33. The average molecular weight is 347 g/mol. The van der Waals surface area contributed by atoms with Gasteiger partial charge in [0.2, 0.25) is 0 Å². The van der Waals surface area contributed by atoms with Crippen molar-refractivity contribution in [3.8, 4) is 5.75 Å². The Labute approximate surface area is 149 Å². The van der Waals surface area contributed by atoms with Gasteiger partial charge in [0.25, 0.3) is 5.91 Å². The summed E-state index contributed by atoms with van der Waals surface area (Å²) >= 11 is 5.55. The summed E-state index contributed by atoms with van der Waals surface area (Å²) in [5, 5.41) is 3.92. The van der Waals surface area contributed by atoms with Crippen molar-refractivity contribution < 1.29 is 9.53 Å². The number of amides is 1. The van der Waals surface area contributed by atoms with Crippen LogP contribution >= 0.6 is 12.2 Å². The summed E-state index contributed by atoms with van der Waals surface area (Å²) in [5.74, 6) is 0.798. The molecule has 1 aromatic rings. The number of anilines is 1. The summed E-state index contributed by atoms with van der Waals surface area (Å²) in [6.07, 6.45) is 3.86. The summed E-state index contributed by atoms with van der Waals surface area (Å²) in [4.78, 5) is 16.8. The lowest BCUT2D eigenvalue weighted by Crippen LogP contribution is -2.54. The van der Waals surface area contributed by atoms with E-state index in [2.05, 4.69) is 12.2 Å². The number of hydrogen-bond acceptors (Lipinski definition) is 3. The Hall–Kier alpha value is -1.82. The summed E-state index contributed by atoms with van der Waals surface area (Å²) in [7, 11) is 0. The van der Waals surface area contributed by atoms with Crippen molar-refractivity contribution >= 4 is 28.9 Å². The first-order valence-electron chi connectivity index (χ1n) is 8.80. The lowest BCUT2D eigenvalue weighted by molar-refractivity contribution is -0.139. The summed E-state index contributed by atoms with van der Waals surface area (Å²) < 4.78 is 6.01. The first-order valence-corrected chi connectivity index (χ1v) is 9.21. The number of nitrogens with one attached hydrogen (secondary N) is 1. The van der Waals surface area contributed by atoms with Gasteiger partial charge in [-0.25, -0.2) is 0 Å². The molecular formula is C18H25N3O2S. The van der Waals surface area contributed by atoms with Crippen molar-refractivity contribution in [2.24, 2.45) is 0 Å². The molecule has 0 saturated carbocycles. The smallest absolute Gasteiger partial charge is 0.265 e. The van der Waals surface area contributed by atoms with E-state index in [4.69, 9.17) is 17.0 Å². The number of benzene rings is 1. The number of piperidine rings is 1. The number of carbonyl (C=O) groups excluding carboxylic acids is 1. The maximum atomic E-state index is 12.9. The minimum absolute atomic E-state index is 0.0764. The van der Waals surface area contributed by atoms with E-state index in [1.807, 2.05) is 34.1 Å². The molecule has 130 valence electrons. The van der Waals surface area contributed by atoms with Crippen molar-refractivity contribution in [3.63, 3.8) is 0 Å². The molecule has 0 aromatic heterocycles. The second kappa shape index (κ2) is 7.83. The molecule has 1 fully saturated rings. The third kappa shape index (κ3) is 3.64. The number of para-hydroxylation sites is 2. The zero-order valence-electron chi connectivity index (χ0n) is 14.2. The lowest BCUT2D eigenvalue weighted by atomic mass is 10.1. The highest BCUT2D eigenvalue weighted by molar-refractivity contribution is 7.80. The maximum Gasteiger partial charge on any atom is 0.265 e. The molecule has 1 aromatic carbocycles. The van der Waals surface area contributed by atoms with Gasteiger partial charge >= 0.3 is 0 Å². The van der Waals surface area contributed by atoms with Gasteiger partial charge in [-0.05, 0) is 50.0 Å². The highest BCUT2D eigenvalue weighted by Gasteiger charge is 2.35. The van der Waals surface area contributed by atoms with E-state index in [0.29, 0.717) is 11.7 Å². The van der Waals surface area contributed by atoms with Crippen molar-refractivity contribution in [1.82, 2.24) is 10.2 Å². The van der Waals surface area contributed by atoms with Crippen LogP contribution in [0.1, 0.15) is 32.6 Å². The van der Waals surface area contributed by atoms with Crippen molar-refractivity contribution in [1.29, 1.82) is 0 Å². The number of hydrogen-bond donors (Lipinski definition) is 1. The minimum atomic E-state index is -0.501. The Morgan fingerprint density at radius 3 is 2.79 bits per heavy atom. The maximum absolute atomic E-state index is 12.9. The van der Waals surface area contributed by atoms with Gasteiger partial charge in [0.1, 0.15) is 5.75 Å². The monoisotopic (exact) mass is 347 g/mol. The summed E-state index contributed by atoms with van der Waals surface area (Å²) in [6, 6.07) is 7.77. The molecule has 0 bridgehead atoms. The topological polar surface area (TPSA) is 44.8 Å². The molecule has 0 radical (unpaired) electrons. The zero-order valence-corrected chi connectivity index (χ0v) is 15.0. The molecule has 6 heteroatoms. The Balaban J connectivity index is 1.79. The van der Waals surface area contributed by atoms with Crippen LogP contribution in [0.15, 0.2) is 24.3 Å². The fraction of sp³-hybridized carbons (Fsp3) is 0.556. The van der Waals surface area contributed by atoms with E-state index in [1.165, 1.54) is 6.42 Å². The van der Waals surface area contributed by atoms with Gasteiger partial charge < -0.3 is 19.9 Å². The van der Waals surface area contributed by atoms with Gasteiger partial charge in [0.15, 0.2) is 11.2 Å². The summed E-state index contributed by atoms with van der Waals surface area (Å²) in [5.41, 5.74) is 0.925. The van der Waals surface area contributed by atoms with Gasteiger partial charge in [0.05, 0.1) is 12.2 Å². The van der Waals surface area contributed by atoms with E-state index >= 15 is 0 Å². The molecule has 2 aliphatic heterocycles.